The molecule has 140 valence electrons. The number of hydrogen-bond donors (Lipinski definition) is 0. The second kappa shape index (κ2) is 7.63. The van der Waals surface area contributed by atoms with Crippen LogP contribution < -0.4 is 9.64 Å². The zero-order chi connectivity index (χ0) is 19.6. The first-order valence-corrected chi connectivity index (χ1v) is 8.11. The highest BCUT2D eigenvalue weighted by atomic mass is 35.5. The number of carbonyl (C=O) groups is 1. The van der Waals surface area contributed by atoms with Crippen molar-refractivity contribution in [3.63, 3.8) is 0 Å². The first-order valence-electron chi connectivity index (χ1n) is 7.73. The van der Waals surface area contributed by atoms with Crippen LogP contribution in [0.1, 0.15) is 10.5 Å². The summed E-state index contributed by atoms with van der Waals surface area (Å²) in [5, 5.41) is -0.0153. The molecule has 0 unspecified atom stereocenters. The second-order valence-corrected chi connectivity index (χ2v) is 5.76. The summed E-state index contributed by atoms with van der Waals surface area (Å²) >= 11 is 6.33. The van der Waals surface area contributed by atoms with Gasteiger partial charge in [0.25, 0.3) is 0 Å². The maximum atomic E-state index is 14.1. The summed E-state index contributed by atoms with van der Waals surface area (Å²) < 4.78 is 29.1. The lowest BCUT2D eigenvalue weighted by Gasteiger charge is -2.18. The van der Waals surface area contributed by atoms with Crippen LogP contribution in [0.2, 0.25) is 5.02 Å². The van der Waals surface area contributed by atoms with Gasteiger partial charge >= 0.3 is 5.97 Å². The van der Waals surface area contributed by atoms with E-state index in [4.69, 9.17) is 25.5 Å². The van der Waals surface area contributed by atoms with E-state index in [1.165, 1.54) is 32.6 Å². The zero-order valence-electron chi connectivity index (χ0n) is 14.7. The lowest BCUT2D eigenvalue weighted by molar-refractivity contribution is 0.0594. The minimum absolute atomic E-state index is 0.0153. The average molecular weight is 392 g/mol. The van der Waals surface area contributed by atoms with Crippen LogP contribution in [0, 0.1) is 5.82 Å². The lowest BCUT2D eigenvalue weighted by Crippen LogP contribution is -2.16. The number of halogens is 2. The Morgan fingerprint density at radius 1 is 1.26 bits per heavy atom. The molecule has 3 rings (SSSR count). The van der Waals surface area contributed by atoms with E-state index in [1.807, 2.05) is 0 Å². The fraction of sp³-hybridized carbons (Fsp3) is 0.167. The van der Waals surface area contributed by atoms with Crippen molar-refractivity contribution in [1.29, 1.82) is 0 Å². The van der Waals surface area contributed by atoms with Crippen molar-refractivity contribution in [2.24, 2.45) is 0 Å². The van der Waals surface area contributed by atoms with E-state index in [0.29, 0.717) is 11.4 Å². The topological polar surface area (TPSA) is 77.7 Å². The number of aromatic nitrogens is 2. The molecule has 0 atom stereocenters. The van der Waals surface area contributed by atoms with Crippen LogP contribution in [-0.4, -0.2) is 37.2 Å². The number of benzene rings is 1. The number of methoxy groups -OCH3 is 2. The molecule has 0 bridgehead atoms. The van der Waals surface area contributed by atoms with Gasteiger partial charge in [-0.25, -0.2) is 19.2 Å². The van der Waals surface area contributed by atoms with Gasteiger partial charge in [0.15, 0.2) is 28.9 Å². The molecule has 27 heavy (non-hydrogen) atoms. The van der Waals surface area contributed by atoms with E-state index in [-0.39, 0.29) is 28.1 Å². The summed E-state index contributed by atoms with van der Waals surface area (Å²) in [5.41, 5.74) is 0.193. The molecule has 0 aliphatic carbocycles. The van der Waals surface area contributed by atoms with Gasteiger partial charge in [0, 0.05) is 18.7 Å². The summed E-state index contributed by atoms with van der Waals surface area (Å²) in [6, 6.07) is 7.62. The molecule has 2 aromatic heterocycles. The van der Waals surface area contributed by atoms with Gasteiger partial charge in [-0.15, -0.1) is 0 Å². The smallest absolute Gasteiger partial charge is 0.358 e. The largest absolute Gasteiger partial charge is 0.494 e. The molecule has 0 aliphatic heterocycles. The minimum atomic E-state index is -0.744. The van der Waals surface area contributed by atoms with Crippen LogP contribution in [0.5, 0.6) is 5.75 Å². The summed E-state index contributed by atoms with van der Waals surface area (Å²) in [5.74, 6) is -0.518. The van der Waals surface area contributed by atoms with Gasteiger partial charge in [-0.05, 0) is 24.3 Å². The van der Waals surface area contributed by atoms with Gasteiger partial charge in [-0.2, -0.15) is 0 Å². The monoisotopic (exact) mass is 391 g/mol. The van der Waals surface area contributed by atoms with Crippen LogP contribution in [0.15, 0.2) is 41.0 Å². The summed E-state index contributed by atoms with van der Waals surface area (Å²) in [7, 11) is 4.23. The van der Waals surface area contributed by atoms with Crippen molar-refractivity contribution in [2.45, 2.75) is 0 Å². The van der Waals surface area contributed by atoms with Crippen molar-refractivity contribution in [1.82, 2.24) is 9.97 Å². The number of hydrogen-bond acceptors (Lipinski definition) is 7. The van der Waals surface area contributed by atoms with Crippen molar-refractivity contribution >= 4 is 29.3 Å². The normalized spacial score (nSPS) is 10.6. The summed E-state index contributed by atoms with van der Waals surface area (Å²) in [6.07, 6.45) is 1.49. The highest BCUT2D eigenvalue weighted by molar-refractivity contribution is 6.35. The predicted octanol–water partition coefficient (Wildman–Crippen LogP) is 4.09. The average Bonchev–Trinajstić information content (AvgIpc) is 3.21. The molecule has 0 saturated heterocycles. The Morgan fingerprint density at radius 2 is 2.04 bits per heavy atom. The van der Waals surface area contributed by atoms with Crippen molar-refractivity contribution in [3.8, 4) is 17.1 Å². The Bertz CT molecular complexity index is 979. The van der Waals surface area contributed by atoms with Gasteiger partial charge in [0.2, 0.25) is 5.88 Å². The molecule has 0 saturated carbocycles. The van der Waals surface area contributed by atoms with E-state index in [1.54, 1.807) is 30.1 Å². The van der Waals surface area contributed by atoms with E-state index < -0.39 is 11.8 Å². The van der Waals surface area contributed by atoms with Gasteiger partial charge in [-0.1, -0.05) is 11.6 Å². The molecule has 0 amide bonds. The Kier molecular flexibility index (Phi) is 5.27. The molecular formula is C18H15ClFN3O4. The Labute approximate surface area is 159 Å². The van der Waals surface area contributed by atoms with Crippen LogP contribution in [0.25, 0.3) is 11.4 Å². The number of carbonyl (C=O) groups excluding carboxylic acids is 1. The molecule has 0 N–H and O–H groups in total. The van der Waals surface area contributed by atoms with Crippen LogP contribution >= 0.6 is 11.6 Å². The maximum Gasteiger partial charge on any atom is 0.358 e. The van der Waals surface area contributed by atoms with Crippen molar-refractivity contribution in [3.05, 3.63) is 53.1 Å². The maximum absolute atomic E-state index is 14.1. The highest BCUT2D eigenvalue weighted by Crippen LogP contribution is 2.34. The molecule has 9 heteroatoms. The molecule has 3 aromatic rings. The molecule has 0 fully saturated rings. The standard InChI is InChI=1S/C18H15ClFN3O4/c1-23(13-5-4-8-27-13)17-14(19)15(18(24)26-3)21-16(22-17)10-6-7-12(25-2)11(20)9-10/h4-9H,1-3H3. The number of nitrogens with zero attached hydrogens (tertiary/aromatic N) is 3. The van der Waals surface area contributed by atoms with Crippen LogP contribution in [0.4, 0.5) is 16.1 Å². The number of anilines is 2. The first-order chi connectivity index (χ1) is 13.0. The van der Waals surface area contributed by atoms with Crippen LogP contribution in [0.3, 0.4) is 0 Å². The number of esters is 1. The van der Waals surface area contributed by atoms with E-state index in [2.05, 4.69) is 9.97 Å². The van der Waals surface area contributed by atoms with Gasteiger partial charge in [0.1, 0.15) is 5.02 Å². The molecule has 2 heterocycles. The first kappa shape index (κ1) is 18.7. The summed E-state index contributed by atoms with van der Waals surface area (Å²) in [4.78, 5) is 22.2. The number of rotatable bonds is 5. The zero-order valence-corrected chi connectivity index (χ0v) is 15.5. The van der Waals surface area contributed by atoms with E-state index >= 15 is 0 Å². The number of ether oxygens (including phenoxy) is 2. The molecular weight excluding hydrogens is 377 g/mol. The second-order valence-electron chi connectivity index (χ2n) is 5.38. The Morgan fingerprint density at radius 3 is 2.63 bits per heavy atom. The van der Waals surface area contributed by atoms with Crippen LogP contribution in [-0.2, 0) is 4.74 Å². The highest BCUT2D eigenvalue weighted by Gasteiger charge is 2.24. The minimum Gasteiger partial charge on any atom is -0.494 e. The number of furan rings is 1. The third-order valence-electron chi connectivity index (χ3n) is 3.78. The molecule has 1 aromatic carbocycles. The van der Waals surface area contributed by atoms with Crippen molar-refractivity contribution < 1.29 is 23.1 Å². The Balaban J connectivity index is 2.18. The van der Waals surface area contributed by atoms with Gasteiger partial charge in [-0.3, -0.25) is 4.90 Å². The third kappa shape index (κ3) is 3.56. The van der Waals surface area contributed by atoms with Crippen molar-refractivity contribution in [2.75, 3.05) is 26.2 Å². The molecule has 0 aliphatic rings. The van der Waals surface area contributed by atoms with Gasteiger partial charge in [0.05, 0.1) is 20.5 Å². The fourth-order valence-corrected chi connectivity index (χ4v) is 2.68. The lowest BCUT2D eigenvalue weighted by atomic mass is 10.2. The fourth-order valence-electron chi connectivity index (χ4n) is 2.39. The molecule has 7 nitrogen and oxygen atoms in total. The van der Waals surface area contributed by atoms with E-state index in [0.717, 1.165) is 0 Å². The quantitative estimate of drug-likeness (QED) is 0.606. The van der Waals surface area contributed by atoms with E-state index in [9.17, 15) is 9.18 Å². The molecule has 0 radical (unpaired) electrons. The Hall–Kier alpha value is -3.13. The summed E-state index contributed by atoms with van der Waals surface area (Å²) in [6.45, 7) is 0. The third-order valence-corrected chi connectivity index (χ3v) is 4.12. The SMILES string of the molecule is COC(=O)c1nc(-c2ccc(OC)c(F)c2)nc(N(C)c2ccco2)c1Cl. The predicted molar refractivity (Wildman–Crippen MR) is 97.1 cm³/mol. The van der Waals surface area contributed by atoms with Gasteiger partial charge < -0.3 is 13.9 Å². The molecule has 0 spiro atoms.